The number of likely N-dealkylation sites (tertiary alicyclic amines) is 4. The summed E-state index contributed by atoms with van der Waals surface area (Å²) in [6.07, 6.45) is 14.9. The summed E-state index contributed by atoms with van der Waals surface area (Å²) < 4.78 is 65.3. The molecule has 0 aromatic heterocycles. The number of carboxylic acids is 1. The first kappa shape index (κ1) is 131. The number of carbonyl (C=O) groups excluding carboxylic acids is 15. The molecule has 40 nitrogen and oxygen atoms in total. The van der Waals surface area contributed by atoms with Gasteiger partial charge in [-0.05, 0) is 294 Å². The number of rotatable bonds is 28. The number of nitrogens with one attached hydrogen (secondary N) is 5. The van der Waals surface area contributed by atoms with Crippen molar-refractivity contribution >= 4 is 96.1 Å². The third-order valence-corrected chi connectivity index (χ3v) is 22.5. The Morgan fingerprint density at radius 2 is 0.710 bits per heavy atom. The maximum atomic E-state index is 13.2. The third-order valence-electron chi connectivity index (χ3n) is 22.5. The van der Waals surface area contributed by atoms with Gasteiger partial charge in [0.25, 0.3) is 0 Å². The lowest BCUT2D eigenvalue weighted by Gasteiger charge is -2.34. The standard InChI is InChI=1S/2C20H32N2O5.C18H28N2O5.C15H25NO4.C12H21NO5.C10H17NO4.C10H17NO2/c2*1-8-9-15(21-19(25)27-20(4,5)6)17(23)22-14(12-13(2)3)10-11-16(22)18(24)26-7;1-11-6-8-13(19-17(23)25-18(2,3)4)15(21)20-12(10-11)7-9-14(20)16(22)24-5;1-10(2)9-11-7-8-12(13(17)19-6)16(11)14(18)20-15(3,4)5;1-12(2,3)18-11(15)13-8(10(14)17-5)6-7-9(13)16-4;1-5-6-7(8(12)13)11-9(14)15-10(2,3)4;1-7(2)6-8-4-5-9(11-8)10(12)13-3/h2*8,14-16H,1-2,9-12H2,3-7H3,(H,21,25);6,12-14H,7-10H2,1-5H3,(H,19,23);11-12H,1,7-9H2,2-6H3;8-9H,6-7H2,1-5H3;5,7H,1,6H2,2-4H3,(H,11,14)(H,12,13);8-9,11H,1,4-6H2,2-3H3/b;;11-6-;;;;/t2*14?,15-,16-;12-,13+,14+;11?,12-;8-,9?;7-;8?,9-/m0010000/s1. The van der Waals surface area contributed by atoms with E-state index in [9.17, 15) is 76.7 Å². The third kappa shape index (κ3) is 47.9. The topological polar surface area (TPSA) is 490 Å². The lowest BCUT2D eigenvalue weighted by molar-refractivity contribution is -0.153. The molecule has 40 heteroatoms. The van der Waals surface area contributed by atoms with Crippen molar-refractivity contribution in [3.63, 3.8) is 0 Å². The highest BCUT2D eigenvalue weighted by molar-refractivity contribution is 5.93. The molecule has 0 bridgehead atoms. The molecule has 5 unspecified atom stereocenters. The molecule has 0 aromatic rings. The molecular weight excluding hydrogens is 1880 g/mol. The van der Waals surface area contributed by atoms with Crippen LogP contribution in [0.1, 0.15) is 294 Å². The number of methoxy groups -OCH3 is 7. The Morgan fingerprint density at radius 1 is 0.400 bits per heavy atom. The molecule has 0 spiro atoms. The summed E-state index contributed by atoms with van der Waals surface area (Å²) in [5, 5.41) is 22.1. The zero-order chi connectivity index (χ0) is 112. The average molecular weight is 2050 g/mol. The van der Waals surface area contributed by atoms with E-state index < -0.39 is 161 Å². The number of ether oxygens (including phenoxy) is 13. The minimum Gasteiger partial charge on any atom is -0.480 e. The van der Waals surface area contributed by atoms with Crippen molar-refractivity contribution in [3.05, 3.63) is 98.2 Å². The SMILES string of the molecule is C=C(C)CC1CC[C@@H](C(=O)OC)N1.C=C(C)CC1CC[C@@H](C(=O)OC)N1C(=O)OC(C)(C)C.C=CC[C@H](NC(=O)OC(C)(C)C)C(=O)N1C(CC(=C)C)CC[C@H]1C(=O)OC.C=CC[C@H](NC(=O)OC(C)(C)C)C(=O)N1C(CC(=C)C)CC[C@H]1C(=O)OC.C=CC[C@H](NC(=O)OC(C)(C)C)C(=O)O.COC(=O)[C@@H]1CCC(OC)N1C(=O)OC(C)(C)C.COC(=O)[C@@H]1CC[C@@H]2C/C(C)=C\C[C@H](NC(=O)OC(C)(C)C)C(=O)N21. The van der Waals surface area contributed by atoms with Crippen LogP contribution in [-0.2, 0) is 110 Å². The molecule has 6 saturated heterocycles. The smallest absolute Gasteiger partial charge is 0.413 e. The van der Waals surface area contributed by atoms with Crippen molar-refractivity contribution in [2.24, 2.45) is 0 Å². The molecule has 0 saturated carbocycles. The Morgan fingerprint density at radius 3 is 1.05 bits per heavy atom. The largest absolute Gasteiger partial charge is 0.480 e. The van der Waals surface area contributed by atoms with Gasteiger partial charge >= 0.3 is 78.3 Å². The molecular formula is C105H172N10O30. The monoisotopic (exact) mass is 2050 g/mol. The van der Waals surface area contributed by atoms with E-state index in [1.165, 1.54) is 75.4 Å². The summed E-state index contributed by atoms with van der Waals surface area (Å²) >= 11 is 0. The highest BCUT2D eigenvalue weighted by Crippen LogP contribution is 2.37. The van der Waals surface area contributed by atoms with Crippen molar-refractivity contribution in [2.75, 3.05) is 49.8 Å². The molecule has 7 rings (SSSR count). The molecule has 9 amide bonds. The summed E-state index contributed by atoms with van der Waals surface area (Å²) in [7, 11) is 9.50. The second-order valence-corrected chi connectivity index (χ2v) is 42.8. The summed E-state index contributed by atoms with van der Waals surface area (Å²) in [6.45, 7) is 67.6. The fraction of sp³-hybridized carbons (Fsp3) is 0.695. The van der Waals surface area contributed by atoms with Gasteiger partial charge in [-0.25, -0.2) is 57.5 Å². The van der Waals surface area contributed by atoms with Crippen molar-refractivity contribution in [1.82, 2.24) is 51.1 Å². The van der Waals surface area contributed by atoms with E-state index in [1.54, 1.807) is 121 Å². The van der Waals surface area contributed by atoms with E-state index in [4.69, 9.17) is 61.9 Å². The number of amides is 9. The summed E-state index contributed by atoms with van der Waals surface area (Å²) in [5.41, 5.74) is 1.26. The van der Waals surface area contributed by atoms with Crippen LogP contribution < -0.4 is 26.6 Å². The molecule has 0 radical (unpaired) electrons. The van der Waals surface area contributed by atoms with Crippen LogP contribution in [0.25, 0.3) is 0 Å². The Balaban J connectivity index is 0.000000857. The van der Waals surface area contributed by atoms with Gasteiger partial charge in [-0.15, -0.1) is 46.1 Å². The van der Waals surface area contributed by atoms with E-state index >= 15 is 0 Å². The summed E-state index contributed by atoms with van der Waals surface area (Å²) in [4.78, 5) is 201. The second kappa shape index (κ2) is 60.9. The van der Waals surface area contributed by atoms with E-state index in [1.807, 2.05) is 61.5 Å². The minimum atomic E-state index is -1.11. The highest BCUT2D eigenvalue weighted by atomic mass is 16.6. The number of alkyl carbamates (subject to hydrolysis) is 4. The number of esters is 6. The molecule has 822 valence electrons. The first-order valence-corrected chi connectivity index (χ1v) is 49.0. The van der Waals surface area contributed by atoms with Gasteiger partial charge in [-0.2, -0.15) is 0 Å². The molecule has 0 aliphatic carbocycles. The molecule has 6 fully saturated rings. The Bertz CT molecular complexity index is 4360. The number of carboxylic acid groups (broad SMARTS) is 1. The fourth-order valence-electron chi connectivity index (χ4n) is 16.8. The lowest BCUT2D eigenvalue weighted by atomic mass is 9.99. The van der Waals surface area contributed by atoms with Crippen LogP contribution in [0.3, 0.4) is 0 Å². The van der Waals surface area contributed by atoms with Crippen LogP contribution in [-0.4, -0.2) is 306 Å². The van der Waals surface area contributed by atoms with Crippen LogP contribution in [0.4, 0.5) is 28.8 Å². The minimum absolute atomic E-state index is 0.0453. The second-order valence-electron chi connectivity index (χ2n) is 42.8. The first-order chi connectivity index (χ1) is 66.9. The zero-order valence-electron chi connectivity index (χ0n) is 91.9. The quantitative estimate of drug-likeness (QED) is 0.0241. The molecule has 0 aromatic carbocycles. The molecule has 6 N–H and O–H groups in total. The van der Waals surface area contributed by atoms with Crippen LogP contribution in [0.15, 0.2) is 98.2 Å². The maximum absolute atomic E-state index is 13.2. The highest BCUT2D eigenvalue weighted by Gasteiger charge is 2.50. The summed E-state index contributed by atoms with van der Waals surface area (Å²) in [5.74, 6) is -4.36. The van der Waals surface area contributed by atoms with Gasteiger partial charge in [0.2, 0.25) is 17.7 Å². The fourth-order valence-corrected chi connectivity index (χ4v) is 16.8. The predicted octanol–water partition coefficient (Wildman–Crippen LogP) is 15.3. The van der Waals surface area contributed by atoms with Gasteiger partial charge in [-0.1, -0.05) is 52.2 Å². The lowest BCUT2D eigenvalue weighted by Crippen LogP contribution is -2.55. The average Bonchev–Trinajstić information content (AvgIpc) is 1.78. The maximum Gasteiger partial charge on any atom is 0.413 e. The number of aliphatic carboxylic acids is 1. The number of fused-ring (bicyclic) bond motifs is 1. The van der Waals surface area contributed by atoms with E-state index in [0.717, 1.165) is 66.4 Å². The van der Waals surface area contributed by atoms with Gasteiger partial charge in [0.05, 0.1) is 42.7 Å². The zero-order valence-corrected chi connectivity index (χ0v) is 91.9. The van der Waals surface area contributed by atoms with Crippen LogP contribution in [0.5, 0.6) is 0 Å². The van der Waals surface area contributed by atoms with Gasteiger partial charge in [-0.3, -0.25) is 29.0 Å². The predicted molar refractivity (Wildman–Crippen MR) is 545 cm³/mol. The summed E-state index contributed by atoms with van der Waals surface area (Å²) in [6, 6.07) is -6.69. The van der Waals surface area contributed by atoms with Crippen LogP contribution in [0, 0.1) is 0 Å². The van der Waals surface area contributed by atoms with Crippen molar-refractivity contribution in [2.45, 2.75) is 425 Å². The molecule has 145 heavy (non-hydrogen) atoms. The van der Waals surface area contributed by atoms with Gasteiger partial charge < -0.3 is 108 Å². The molecule has 7 heterocycles. The Kier molecular flexibility index (Phi) is 55.1. The number of hydrogen-bond donors (Lipinski definition) is 6. The van der Waals surface area contributed by atoms with Gasteiger partial charge in [0.1, 0.15) is 100 Å². The van der Waals surface area contributed by atoms with E-state index in [0.29, 0.717) is 83.1 Å². The van der Waals surface area contributed by atoms with Crippen LogP contribution in [0.2, 0.25) is 0 Å². The van der Waals surface area contributed by atoms with Crippen molar-refractivity contribution in [1.29, 1.82) is 0 Å². The van der Waals surface area contributed by atoms with Gasteiger partial charge in [0.15, 0.2) is 0 Å². The number of nitrogens with zero attached hydrogens (tertiary/aromatic N) is 5. The van der Waals surface area contributed by atoms with Crippen LogP contribution >= 0.6 is 0 Å². The van der Waals surface area contributed by atoms with Crippen molar-refractivity contribution < 1.29 is 143 Å². The van der Waals surface area contributed by atoms with Gasteiger partial charge in [0, 0.05) is 37.3 Å². The van der Waals surface area contributed by atoms with E-state index in [2.05, 4.69) is 77.4 Å². The Labute approximate surface area is 859 Å². The molecule has 7 aliphatic heterocycles. The molecule has 7 aliphatic rings. The first-order valence-electron chi connectivity index (χ1n) is 49.0. The number of hydrogen-bond acceptors (Lipinski definition) is 30. The van der Waals surface area contributed by atoms with Crippen molar-refractivity contribution in [3.8, 4) is 0 Å². The normalized spacial score (nSPS) is 22.5. The van der Waals surface area contributed by atoms with E-state index in [-0.39, 0.29) is 79.1 Å². The molecule has 16 atom stereocenters. The number of carbonyl (C=O) groups is 16. The Hall–Kier alpha value is -11.8.